The topological polar surface area (TPSA) is 102 Å². The van der Waals surface area contributed by atoms with Gasteiger partial charge in [-0.2, -0.15) is 0 Å². The zero-order chi connectivity index (χ0) is 23.3. The summed E-state index contributed by atoms with van der Waals surface area (Å²) in [6, 6.07) is 11.9. The molecule has 0 radical (unpaired) electrons. The van der Waals surface area contributed by atoms with E-state index >= 15 is 0 Å². The van der Waals surface area contributed by atoms with Crippen LogP contribution in [0, 0.1) is 19.8 Å². The second-order valence-electron chi connectivity index (χ2n) is 7.58. The average molecular weight is 438 g/mol. The van der Waals surface area contributed by atoms with E-state index in [1.807, 2.05) is 32.0 Å². The molecular formula is C24H26N2O6. The molecule has 0 saturated carbocycles. The molecule has 2 aromatic carbocycles. The molecule has 2 amide bonds. The van der Waals surface area contributed by atoms with Gasteiger partial charge in [0.2, 0.25) is 5.91 Å². The van der Waals surface area contributed by atoms with E-state index in [0.29, 0.717) is 11.3 Å². The van der Waals surface area contributed by atoms with Gasteiger partial charge in [-0.05, 0) is 62.2 Å². The highest BCUT2D eigenvalue weighted by molar-refractivity contribution is 6.00. The molecule has 2 aromatic rings. The summed E-state index contributed by atoms with van der Waals surface area (Å²) in [5, 5.41) is 2.60. The Labute approximate surface area is 186 Å². The number of nitrogens with zero attached hydrogens (tertiary/aromatic N) is 1. The number of benzene rings is 2. The third-order valence-corrected chi connectivity index (χ3v) is 5.35. The zero-order valence-electron chi connectivity index (χ0n) is 18.3. The number of hydrogen-bond acceptors (Lipinski definition) is 6. The van der Waals surface area contributed by atoms with Crippen molar-refractivity contribution >= 4 is 35.1 Å². The van der Waals surface area contributed by atoms with Crippen molar-refractivity contribution < 1.29 is 28.7 Å². The van der Waals surface area contributed by atoms with Crippen LogP contribution in [0.5, 0.6) is 0 Å². The summed E-state index contributed by atoms with van der Waals surface area (Å²) in [6.07, 6.45) is 0.0448. The van der Waals surface area contributed by atoms with Crippen molar-refractivity contribution in [3.63, 3.8) is 0 Å². The van der Waals surface area contributed by atoms with E-state index in [0.717, 1.165) is 16.8 Å². The lowest BCUT2D eigenvalue weighted by Crippen LogP contribution is -2.28. The highest BCUT2D eigenvalue weighted by Crippen LogP contribution is 2.29. The fourth-order valence-electron chi connectivity index (χ4n) is 3.48. The highest BCUT2D eigenvalue weighted by atomic mass is 16.5. The van der Waals surface area contributed by atoms with E-state index in [-0.39, 0.29) is 25.5 Å². The number of amides is 2. The molecule has 1 saturated heterocycles. The Balaban J connectivity index is 1.51. The molecule has 8 nitrogen and oxygen atoms in total. The minimum atomic E-state index is -0.626. The Morgan fingerprint density at radius 2 is 1.78 bits per heavy atom. The fraction of sp³-hybridized carbons (Fsp3) is 0.333. The quantitative estimate of drug-likeness (QED) is 0.667. The monoisotopic (exact) mass is 438 g/mol. The molecule has 1 aliphatic heterocycles. The van der Waals surface area contributed by atoms with Crippen LogP contribution < -0.4 is 10.2 Å². The minimum absolute atomic E-state index is 0.0448. The summed E-state index contributed by atoms with van der Waals surface area (Å²) in [5.74, 6) is -2.32. The lowest BCUT2D eigenvalue weighted by Gasteiger charge is -2.20. The number of aryl methyl sites for hydroxylation is 1. The predicted molar refractivity (Wildman–Crippen MR) is 118 cm³/mol. The lowest BCUT2D eigenvalue weighted by atomic mass is 10.1. The van der Waals surface area contributed by atoms with Crippen LogP contribution in [0.15, 0.2) is 42.5 Å². The van der Waals surface area contributed by atoms with Crippen LogP contribution in [0.1, 0.15) is 34.8 Å². The largest absolute Gasteiger partial charge is 0.462 e. The smallest absolute Gasteiger partial charge is 0.338 e. The fourth-order valence-corrected chi connectivity index (χ4v) is 3.48. The maximum absolute atomic E-state index is 12.5. The van der Waals surface area contributed by atoms with Gasteiger partial charge in [-0.1, -0.05) is 12.1 Å². The molecule has 1 atom stereocenters. The third kappa shape index (κ3) is 5.32. The maximum Gasteiger partial charge on any atom is 0.338 e. The minimum Gasteiger partial charge on any atom is -0.462 e. The molecule has 1 aliphatic rings. The Morgan fingerprint density at radius 3 is 2.47 bits per heavy atom. The molecule has 1 heterocycles. The first kappa shape index (κ1) is 23.0. The van der Waals surface area contributed by atoms with Gasteiger partial charge < -0.3 is 19.7 Å². The summed E-state index contributed by atoms with van der Waals surface area (Å²) in [5.41, 5.74) is 3.66. The van der Waals surface area contributed by atoms with Crippen LogP contribution >= 0.6 is 0 Å². The number of hydrogen-bond donors (Lipinski definition) is 1. The molecule has 0 bridgehead atoms. The molecule has 0 spiro atoms. The number of nitrogens with one attached hydrogen (secondary N) is 1. The molecule has 168 valence electrons. The van der Waals surface area contributed by atoms with Crippen LogP contribution in [0.4, 0.5) is 11.4 Å². The Morgan fingerprint density at radius 1 is 1.06 bits per heavy atom. The predicted octanol–water partition coefficient (Wildman–Crippen LogP) is 3.01. The van der Waals surface area contributed by atoms with Gasteiger partial charge in [0.15, 0.2) is 6.61 Å². The van der Waals surface area contributed by atoms with Crippen molar-refractivity contribution in [2.45, 2.75) is 27.2 Å². The SMILES string of the molecule is CCOC(=O)c1ccc(NC(=O)COC(=O)[C@H]2CC(=O)N(c3cccc(C)c3C)C2)cc1. The molecule has 32 heavy (non-hydrogen) atoms. The van der Waals surface area contributed by atoms with Crippen LogP contribution in [0.25, 0.3) is 0 Å². The summed E-state index contributed by atoms with van der Waals surface area (Å²) >= 11 is 0. The summed E-state index contributed by atoms with van der Waals surface area (Å²) < 4.78 is 10.0. The van der Waals surface area contributed by atoms with Crippen molar-refractivity contribution in [1.29, 1.82) is 0 Å². The third-order valence-electron chi connectivity index (χ3n) is 5.35. The molecule has 8 heteroatoms. The van der Waals surface area contributed by atoms with E-state index in [1.54, 1.807) is 24.0 Å². The first-order valence-corrected chi connectivity index (χ1v) is 10.4. The Bertz CT molecular complexity index is 1030. The van der Waals surface area contributed by atoms with Gasteiger partial charge in [0.1, 0.15) is 0 Å². The van der Waals surface area contributed by atoms with E-state index in [4.69, 9.17) is 9.47 Å². The van der Waals surface area contributed by atoms with Crippen LogP contribution in [0.3, 0.4) is 0 Å². The maximum atomic E-state index is 12.5. The number of esters is 2. The van der Waals surface area contributed by atoms with Crippen molar-refractivity contribution in [1.82, 2.24) is 0 Å². The second kappa shape index (κ2) is 10.1. The molecule has 0 aliphatic carbocycles. The van der Waals surface area contributed by atoms with Gasteiger partial charge in [-0.3, -0.25) is 14.4 Å². The molecule has 3 rings (SSSR count). The first-order chi connectivity index (χ1) is 15.3. The average Bonchev–Trinajstić information content (AvgIpc) is 3.16. The highest BCUT2D eigenvalue weighted by Gasteiger charge is 2.37. The number of carbonyl (C=O) groups is 4. The molecular weight excluding hydrogens is 412 g/mol. The van der Waals surface area contributed by atoms with E-state index in [9.17, 15) is 19.2 Å². The molecule has 1 fully saturated rings. The van der Waals surface area contributed by atoms with Gasteiger partial charge in [-0.25, -0.2) is 4.79 Å². The van der Waals surface area contributed by atoms with Gasteiger partial charge >= 0.3 is 11.9 Å². The number of anilines is 2. The van der Waals surface area contributed by atoms with Crippen molar-refractivity contribution in [2.75, 3.05) is 30.0 Å². The summed E-state index contributed by atoms with van der Waals surface area (Å²) in [7, 11) is 0. The number of carbonyl (C=O) groups excluding carboxylic acids is 4. The van der Waals surface area contributed by atoms with Gasteiger partial charge in [0.25, 0.3) is 5.91 Å². The van der Waals surface area contributed by atoms with Crippen molar-refractivity contribution in [3.05, 3.63) is 59.2 Å². The lowest BCUT2D eigenvalue weighted by molar-refractivity contribution is -0.151. The normalized spacial score (nSPS) is 15.4. The Kier molecular flexibility index (Phi) is 7.25. The number of ether oxygens (including phenoxy) is 2. The molecule has 1 N–H and O–H groups in total. The van der Waals surface area contributed by atoms with Crippen LogP contribution in [0.2, 0.25) is 0 Å². The standard InChI is InChI=1S/C24H26N2O6/c1-4-31-23(29)17-8-10-19(11-9-17)25-21(27)14-32-24(30)18-12-22(28)26(13-18)20-7-5-6-15(2)16(20)3/h5-11,18H,4,12-14H2,1-3H3,(H,25,27)/t18-/m0/s1. The van der Waals surface area contributed by atoms with Crippen molar-refractivity contribution in [3.8, 4) is 0 Å². The summed E-state index contributed by atoms with van der Waals surface area (Å²) in [4.78, 5) is 50.3. The van der Waals surface area contributed by atoms with Gasteiger partial charge in [-0.15, -0.1) is 0 Å². The zero-order valence-corrected chi connectivity index (χ0v) is 18.3. The number of rotatable bonds is 7. The van der Waals surface area contributed by atoms with Gasteiger partial charge in [0, 0.05) is 24.3 Å². The first-order valence-electron chi connectivity index (χ1n) is 10.4. The van der Waals surface area contributed by atoms with Crippen LogP contribution in [-0.4, -0.2) is 43.5 Å². The van der Waals surface area contributed by atoms with E-state index < -0.39 is 30.4 Å². The van der Waals surface area contributed by atoms with Gasteiger partial charge in [0.05, 0.1) is 18.1 Å². The molecule has 0 unspecified atom stereocenters. The van der Waals surface area contributed by atoms with Crippen molar-refractivity contribution in [2.24, 2.45) is 5.92 Å². The second-order valence-corrected chi connectivity index (χ2v) is 7.58. The van der Waals surface area contributed by atoms with E-state index in [1.165, 1.54) is 12.1 Å². The Hall–Kier alpha value is -3.68. The molecule has 0 aromatic heterocycles. The van der Waals surface area contributed by atoms with Crippen LogP contribution in [-0.2, 0) is 23.9 Å². The summed E-state index contributed by atoms with van der Waals surface area (Å²) in [6.45, 7) is 5.65. The van der Waals surface area contributed by atoms with E-state index in [2.05, 4.69) is 5.32 Å².